The number of aromatic nitrogens is 1. The van der Waals surface area contributed by atoms with Gasteiger partial charge in [0, 0.05) is 24.8 Å². The maximum Gasteiger partial charge on any atom is 0.410 e. The van der Waals surface area contributed by atoms with Gasteiger partial charge in [-0.05, 0) is 39.2 Å². The minimum absolute atomic E-state index is 0.333. The Balaban J connectivity index is 1.99. The average Bonchev–Trinajstić information content (AvgIpc) is 2.38. The van der Waals surface area contributed by atoms with E-state index in [0.29, 0.717) is 31.5 Å². The fourth-order valence-corrected chi connectivity index (χ4v) is 2.35. The van der Waals surface area contributed by atoms with Crippen LogP contribution in [0.3, 0.4) is 0 Å². The fourth-order valence-electron chi connectivity index (χ4n) is 2.35. The van der Waals surface area contributed by atoms with Gasteiger partial charge < -0.3 is 14.7 Å². The summed E-state index contributed by atoms with van der Waals surface area (Å²) in [4.78, 5) is 17.6. The number of carbonyl (C=O) groups excluding carboxylic acids is 1. The zero-order valence-electron chi connectivity index (χ0n) is 12.8. The first kappa shape index (κ1) is 15.8. The lowest BCUT2D eigenvalue weighted by Crippen LogP contribution is -2.46. The summed E-state index contributed by atoms with van der Waals surface area (Å²) in [6.07, 6.45) is 2.17. The van der Waals surface area contributed by atoms with Crippen molar-refractivity contribution in [2.75, 3.05) is 13.1 Å². The second-order valence-corrected chi connectivity index (χ2v) is 6.47. The van der Waals surface area contributed by atoms with E-state index in [9.17, 15) is 9.90 Å². The quantitative estimate of drug-likeness (QED) is 0.786. The highest BCUT2D eigenvalue weighted by molar-refractivity contribution is 6.30. The molecular weight excluding hydrogens is 267 g/mol. The summed E-state index contributed by atoms with van der Waals surface area (Å²) in [6.45, 7) is 6.42. The Hall–Kier alpha value is -1.56. The summed E-state index contributed by atoms with van der Waals surface area (Å²) in [6, 6.07) is 3.46. The zero-order chi connectivity index (χ0) is 15.7. The number of carbonyl (C=O) groups is 1. The van der Waals surface area contributed by atoms with Gasteiger partial charge in [0.2, 0.25) is 0 Å². The molecule has 0 aliphatic carbocycles. The van der Waals surface area contributed by atoms with Crippen molar-refractivity contribution >= 4 is 19.5 Å². The fraction of sp³-hybridized carbons (Fsp3) is 0.600. The molecule has 1 amide bonds. The van der Waals surface area contributed by atoms with E-state index in [1.165, 1.54) is 0 Å². The van der Waals surface area contributed by atoms with Crippen molar-refractivity contribution in [3.63, 3.8) is 0 Å². The Kier molecular flexibility index (Phi) is 4.28. The van der Waals surface area contributed by atoms with Gasteiger partial charge in [0.25, 0.3) is 0 Å². The Morgan fingerprint density at radius 1 is 1.38 bits per heavy atom. The first-order chi connectivity index (χ1) is 9.70. The van der Waals surface area contributed by atoms with E-state index >= 15 is 0 Å². The molecule has 0 bridgehead atoms. The normalized spacial score (nSPS) is 18.4. The lowest BCUT2D eigenvalue weighted by molar-refractivity contribution is -0.0357. The van der Waals surface area contributed by atoms with Crippen LogP contribution in [0.2, 0.25) is 0 Å². The van der Waals surface area contributed by atoms with Crippen molar-refractivity contribution in [1.82, 2.24) is 9.88 Å². The SMILES string of the molecule is [B]c1ccc(C2(O)CCN(C(=O)OC(C)(C)C)CC2)cn1. The van der Waals surface area contributed by atoms with Gasteiger partial charge in [-0.3, -0.25) is 4.98 Å². The van der Waals surface area contributed by atoms with E-state index in [4.69, 9.17) is 12.6 Å². The number of pyridine rings is 1. The average molecular weight is 288 g/mol. The van der Waals surface area contributed by atoms with Gasteiger partial charge in [-0.15, -0.1) is 0 Å². The molecule has 2 rings (SSSR count). The summed E-state index contributed by atoms with van der Waals surface area (Å²) >= 11 is 0. The van der Waals surface area contributed by atoms with Gasteiger partial charge in [-0.2, -0.15) is 0 Å². The van der Waals surface area contributed by atoms with Gasteiger partial charge in [0.1, 0.15) is 13.4 Å². The number of amides is 1. The summed E-state index contributed by atoms with van der Waals surface area (Å²) in [5.41, 5.74) is -0.306. The Morgan fingerprint density at radius 3 is 2.48 bits per heavy atom. The molecule has 1 aliphatic rings. The van der Waals surface area contributed by atoms with E-state index < -0.39 is 11.2 Å². The summed E-state index contributed by atoms with van der Waals surface area (Å²) in [5, 5.41) is 10.7. The Labute approximate surface area is 126 Å². The van der Waals surface area contributed by atoms with E-state index in [1.54, 1.807) is 23.2 Å². The molecule has 0 saturated carbocycles. The number of rotatable bonds is 1. The molecule has 0 unspecified atom stereocenters. The maximum atomic E-state index is 12.0. The Morgan fingerprint density at radius 2 is 2.00 bits per heavy atom. The molecule has 21 heavy (non-hydrogen) atoms. The van der Waals surface area contributed by atoms with Crippen LogP contribution in [0.5, 0.6) is 0 Å². The smallest absolute Gasteiger partial charge is 0.410 e. The van der Waals surface area contributed by atoms with E-state index in [2.05, 4.69) is 4.98 Å². The zero-order valence-corrected chi connectivity index (χ0v) is 12.8. The number of piperidine rings is 1. The van der Waals surface area contributed by atoms with Gasteiger partial charge in [-0.25, -0.2) is 4.79 Å². The number of likely N-dealkylation sites (tertiary alicyclic amines) is 1. The highest BCUT2D eigenvalue weighted by atomic mass is 16.6. The minimum Gasteiger partial charge on any atom is -0.444 e. The van der Waals surface area contributed by atoms with Crippen molar-refractivity contribution in [2.24, 2.45) is 0 Å². The maximum absolute atomic E-state index is 12.0. The highest BCUT2D eigenvalue weighted by Crippen LogP contribution is 2.32. The van der Waals surface area contributed by atoms with Crippen LogP contribution in [0.25, 0.3) is 0 Å². The van der Waals surface area contributed by atoms with Crippen molar-refractivity contribution < 1.29 is 14.6 Å². The number of ether oxygens (including phenoxy) is 1. The van der Waals surface area contributed by atoms with E-state index in [1.807, 2.05) is 20.8 Å². The summed E-state index contributed by atoms with van der Waals surface area (Å²) in [5.74, 6) is 0. The second-order valence-electron chi connectivity index (χ2n) is 6.47. The van der Waals surface area contributed by atoms with Gasteiger partial charge in [-0.1, -0.05) is 12.1 Å². The molecule has 2 heterocycles. The number of aliphatic hydroxyl groups is 1. The highest BCUT2D eigenvalue weighted by Gasteiger charge is 2.36. The van der Waals surface area contributed by atoms with Crippen LogP contribution in [0.15, 0.2) is 18.3 Å². The lowest BCUT2D eigenvalue weighted by atomic mass is 9.85. The predicted molar refractivity (Wildman–Crippen MR) is 80.6 cm³/mol. The van der Waals surface area contributed by atoms with Crippen LogP contribution < -0.4 is 5.59 Å². The molecule has 1 aliphatic heterocycles. The Bertz CT molecular complexity index is 503. The molecule has 6 heteroatoms. The first-order valence-electron chi connectivity index (χ1n) is 7.12. The topological polar surface area (TPSA) is 62.7 Å². The third kappa shape index (κ3) is 3.97. The largest absolute Gasteiger partial charge is 0.444 e. The molecule has 2 radical (unpaired) electrons. The molecule has 1 fully saturated rings. The van der Waals surface area contributed by atoms with E-state index in [0.717, 1.165) is 5.56 Å². The third-order valence-electron chi connectivity index (χ3n) is 3.57. The molecule has 0 atom stereocenters. The first-order valence-corrected chi connectivity index (χ1v) is 7.12. The van der Waals surface area contributed by atoms with Crippen LogP contribution >= 0.6 is 0 Å². The molecule has 0 aromatic carbocycles. The van der Waals surface area contributed by atoms with Crippen molar-refractivity contribution in [2.45, 2.75) is 44.8 Å². The van der Waals surface area contributed by atoms with Gasteiger partial charge >= 0.3 is 6.09 Å². The number of nitrogens with zero attached hydrogens (tertiary/aromatic N) is 2. The predicted octanol–water partition coefficient (Wildman–Crippen LogP) is 1.09. The molecule has 5 nitrogen and oxygen atoms in total. The standard InChI is InChI=1S/C15H21BN2O3/c1-14(2,3)21-13(19)18-8-6-15(20,7-9-18)11-4-5-12(16)17-10-11/h4-5,10,20H,6-9H2,1-3H3. The van der Waals surface area contributed by atoms with Crippen molar-refractivity contribution in [3.05, 3.63) is 23.9 Å². The monoisotopic (exact) mass is 288 g/mol. The molecule has 1 saturated heterocycles. The molecule has 0 spiro atoms. The molecule has 112 valence electrons. The number of hydrogen-bond donors (Lipinski definition) is 1. The molecule has 1 aromatic heterocycles. The van der Waals surface area contributed by atoms with Crippen molar-refractivity contribution in [1.29, 1.82) is 0 Å². The lowest BCUT2D eigenvalue weighted by Gasteiger charge is -2.38. The van der Waals surface area contributed by atoms with Gasteiger partial charge in [0.05, 0.1) is 5.60 Å². The van der Waals surface area contributed by atoms with Crippen LogP contribution in [0.1, 0.15) is 39.2 Å². The number of hydrogen-bond acceptors (Lipinski definition) is 4. The third-order valence-corrected chi connectivity index (χ3v) is 3.57. The second kappa shape index (κ2) is 5.68. The summed E-state index contributed by atoms with van der Waals surface area (Å²) < 4.78 is 5.34. The molecule has 1 N–H and O–H groups in total. The van der Waals surface area contributed by atoms with Crippen LogP contribution in [0, 0.1) is 0 Å². The summed E-state index contributed by atoms with van der Waals surface area (Å²) in [7, 11) is 5.56. The van der Waals surface area contributed by atoms with Crippen LogP contribution in [0.4, 0.5) is 4.79 Å². The molecular formula is C15H21BN2O3. The van der Waals surface area contributed by atoms with Gasteiger partial charge in [0.15, 0.2) is 0 Å². The molecule has 1 aromatic rings. The van der Waals surface area contributed by atoms with Crippen LogP contribution in [-0.4, -0.2) is 47.6 Å². The van der Waals surface area contributed by atoms with Crippen LogP contribution in [-0.2, 0) is 10.3 Å². The van der Waals surface area contributed by atoms with E-state index in [-0.39, 0.29) is 6.09 Å². The van der Waals surface area contributed by atoms with Crippen molar-refractivity contribution in [3.8, 4) is 0 Å². The minimum atomic E-state index is -0.959.